The summed E-state index contributed by atoms with van der Waals surface area (Å²) in [5.74, 6) is -0.734. The van der Waals surface area contributed by atoms with Gasteiger partial charge in [-0.15, -0.1) is 10.2 Å². The number of anilines is 2. The SMILES string of the molecule is CC1(C)CC(=O)C2=C(C1)N(c1nnc(SCC(=O)Nc3ccc(F)cc3)s1)C(N)=C(C#N)C2c1ccco1. The number of allylic oxidation sites excluding steroid dienone is 3. The van der Waals surface area contributed by atoms with Gasteiger partial charge in [0.1, 0.15) is 17.4 Å². The first-order chi connectivity index (χ1) is 18.2. The minimum atomic E-state index is -0.693. The monoisotopic (exact) mass is 550 g/mol. The van der Waals surface area contributed by atoms with Crippen molar-refractivity contribution in [1.82, 2.24) is 10.2 Å². The fourth-order valence-electron chi connectivity index (χ4n) is 4.68. The Bertz CT molecular complexity index is 1500. The molecule has 9 nitrogen and oxygen atoms in total. The second-order valence-corrected chi connectivity index (χ2v) is 11.9. The highest BCUT2D eigenvalue weighted by Gasteiger charge is 2.46. The van der Waals surface area contributed by atoms with Gasteiger partial charge in [0.25, 0.3) is 0 Å². The first-order valence-electron chi connectivity index (χ1n) is 11.7. The fourth-order valence-corrected chi connectivity index (χ4v) is 6.36. The number of halogens is 1. The molecule has 1 aliphatic carbocycles. The molecule has 0 fully saturated rings. The van der Waals surface area contributed by atoms with E-state index in [-0.39, 0.29) is 40.1 Å². The second kappa shape index (κ2) is 10.1. The molecule has 1 unspecified atom stereocenters. The van der Waals surface area contributed by atoms with E-state index in [0.29, 0.717) is 45.0 Å². The van der Waals surface area contributed by atoms with Crippen molar-refractivity contribution >= 4 is 45.6 Å². The normalized spacial score (nSPS) is 18.8. The van der Waals surface area contributed by atoms with Gasteiger partial charge in [0, 0.05) is 23.4 Å². The molecule has 12 heteroatoms. The third-order valence-corrected chi connectivity index (χ3v) is 8.29. The van der Waals surface area contributed by atoms with Crippen molar-refractivity contribution in [2.24, 2.45) is 11.1 Å². The van der Waals surface area contributed by atoms with Gasteiger partial charge in [0.15, 0.2) is 10.1 Å². The van der Waals surface area contributed by atoms with Gasteiger partial charge < -0.3 is 15.5 Å². The summed E-state index contributed by atoms with van der Waals surface area (Å²) in [5.41, 5.74) is 8.08. The third kappa shape index (κ3) is 4.94. The number of nitrogens with two attached hydrogens (primary N) is 1. The largest absolute Gasteiger partial charge is 0.468 e. The van der Waals surface area contributed by atoms with E-state index in [1.165, 1.54) is 53.6 Å². The number of aromatic nitrogens is 2. The minimum absolute atomic E-state index is 0.0564. The maximum atomic E-state index is 13.4. The summed E-state index contributed by atoms with van der Waals surface area (Å²) >= 11 is 2.39. The van der Waals surface area contributed by atoms with Gasteiger partial charge in [-0.3, -0.25) is 14.5 Å². The van der Waals surface area contributed by atoms with E-state index < -0.39 is 5.92 Å². The standard InChI is InChI=1S/C26H23FN6O3S2/c1-26(2)10-17-22(18(34)11-26)21(19-4-3-9-36-19)16(12-28)23(29)33(17)24-31-32-25(38-24)37-13-20(35)30-15-7-5-14(27)6-8-15/h3-9,21H,10-11,13,29H2,1-2H3,(H,30,35). The van der Waals surface area contributed by atoms with Crippen LogP contribution in [0.15, 0.2) is 74.1 Å². The Morgan fingerprint density at radius 3 is 2.76 bits per heavy atom. The van der Waals surface area contributed by atoms with Crippen LogP contribution < -0.4 is 16.0 Å². The minimum Gasteiger partial charge on any atom is -0.468 e. The summed E-state index contributed by atoms with van der Waals surface area (Å²) in [6.07, 6.45) is 2.37. The number of thioether (sulfide) groups is 1. The number of furan rings is 1. The first-order valence-corrected chi connectivity index (χ1v) is 13.5. The van der Waals surface area contributed by atoms with Gasteiger partial charge >= 0.3 is 0 Å². The lowest BCUT2D eigenvalue weighted by Crippen LogP contribution is -2.42. The number of nitrogens with one attached hydrogen (secondary N) is 1. The Labute approximate surface area is 226 Å². The molecule has 0 saturated heterocycles. The maximum absolute atomic E-state index is 13.4. The predicted octanol–water partition coefficient (Wildman–Crippen LogP) is 4.94. The highest BCUT2D eigenvalue weighted by atomic mass is 32.2. The van der Waals surface area contributed by atoms with E-state index in [9.17, 15) is 19.2 Å². The van der Waals surface area contributed by atoms with E-state index in [1.54, 1.807) is 17.0 Å². The van der Waals surface area contributed by atoms with Gasteiger partial charge in [-0.05, 0) is 48.2 Å². The van der Waals surface area contributed by atoms with Crippen LogP contribution in [0.3, 0.4) is 0 Å². The summed E-state index contributed by atoms with van der Waals surface area (Å²) in [6.45, 7) is 4.02. The van der Waals surface area contributed by atoms with Crippen LogP contribution in [0.1, 0.15) is 38.4 Å². The molecule has 3 aromatic rings. The highest BCUT2D eigenvalue weighted by Crippen LogP contribution is 2.50. The molecule has 1 aromatic carbocycles. The number of rotatable bonds is 6. The quantitative estimate of drug-likeness (QED) is 0.409. The van der Waals surface area contributed by atoms with Crippen LogP contribution >= 0.6 is 23.1 Å². The number of nitriles is 1. The topological polar surface area (TPSA) is 138 Å². The number of nitrogens with zero attached hydrogens (tertiary/aromatic N) is 4. The molecule has 194 valence electrons. The number of hydrogen-bond donors (Lipinski definition) is 2. The molecule has 0 spiro atoms. The van der Waals surface area contributed by atoms with E-state index in [1.807, 2.05) is 13.8 Å². The van der Waals surface area contributed by atoms with Crippen molar-refractivity contribution in [3.05, 3.63) is 76.9 Å². The molecule has 38 heavy (non-hydrogen) atoms. The molecular weight excluding hydrogens is 527 g/mol. The lowest BCUT2D eigenvalue weighted by atomic mass is 9.69. The van der Waals surface area contributed by atoms with E-state index in [0.717, 1.165) is 0 Å². The molecule has 0 saturated carbocycles. The Morgan fingerprint density at radius 2 is 2.08 bits per heavy atom. The number of ketones is 1. The highest BCUT2D eigenvalue weighted by molar-refractivity contribution is 8.01. The molecule has 3 heterocycles. The van der Waals surface area contributed by atoms with Crippen molar-refractivity contribution in [1.29, 1.82) is 5.26 Å². The van der Waals surface area contributed by atoms with Crippen LogP contribution in [-0.2, 0) is 9.59 Å². The summed E-state index contributed by atoms with van der Waals surface area (Å²) in [5, 5.41) is 21.7. The molecule has 1 aliphatic heterocycles. The van der Waals surface area contributed by atoms with Crippen molar-refractivity contribution in [2.45, 2.75) is 36.9 Å². The number of benzene rings is 1. The average molecular weight is 551 g/mol. The van der Waals surface area contributed by atoms with Crippen LogP contribution in [0.25, 0.3) is 0 Å². The maximum Gasteiger partial charge on any atom is 0.234 e. The molecule has 5 rings (SSSR count). The zero-order chi connectivity index (χ0) is 27.0. The van der Waals surface area contributed by atoms with Crippen molar-refractivity contribution in [3.8, 4) is 6.07 Å². The van der Waals surface area contributed by atoms with Crippen LogP contribution in [0.5, 0.6) is 0 Å². The second-order valence-electron chi connectivity index (χ2n) is 9.69. The smallest absolute Gasteiger partial charge is 0.234 e. The number of Topliss-reactive ketones (excluding diaryl/α,β-unsaturated/α-hetero) is 1. The van der Waals surface area contributed by atoms with E-state index >= 15 is 0 Å². The number of carbonyl (C=O) groups excluding carboxylic acids is 2. The van der Waals surface area contributed by atoms with Crippen LogP contribution in [-0.4, -0.2) is 27.6 Å². The van der Waals surface area contributed by atoms with Gasteiger partial charge in [0.05, 0.1) is 29.6 Å². The van der Waals surface area contributed by atoms with Crippen LogP contribution in [0.2, 0.25) is 0 Å². The lowest BCUT2D eigenvalue weighted by molar-refractivity contribution is -0.118. The Kier molecular flexibility index (Phi) is 6.81. The Hall–Kier alpha value is -3.95. The molecule has 3 N–H and O–H groups in total. The average Bonchev–Trinajstić information content (AvgIpc) is 3.55. The zero-order valence-corrected chi connectivity index (χ0v) is 22.2. The van der Waals surface area contributed by atoms with Gasteiger partial charge in [-0.2, -0.15) is 5.26 Å². The first kappa shape index (κ1) is 25.7. The van der Waals surface area contributed by atoms with Gasteiger partial charge in [-0.1, -0.05) is 36.9 Å². The fraction of sp³-hybridized carbons (Fsp3) is 0.269. The summed E-state index contributed by atoms with van der Waals surface area (Å²) in [6, 6.07) is 11.1. The molecule has 1 amide bonds. The number of hydrogen-bond acceptors (Lipinski definition) is 10. The lowest BCUT2D eigenvalue weighted by Gasteiger charge is -2.42. The summed E-state index contributed by atoms with van der Waals surface area (Å²) in [4.78, 5) is 27.5. The molecule has 2 aromatic heterocycles. The van der Waals surface area contributed by atoms with Crippen molar-refractivity contribution in [2.75, 3.05) is 16.0 Å². The molecule has 1 atom stereocenters. The Balaban J connectivity index is 1.43. The summed E-state index contributed by atoms with van der Waals surface area (Å²) in [7, 11) is 0. The Morgan fingerprint density at radius 1 is 1.32 bits per heavy atom. The number of amides is 1. The van der Waals surface area contributed by atoms with Gasteiger partial charge in [-0.25, -0.2) is 4.39 Å². The van der Waals surface area contributed by atoms with Crippen LogP contribution in [0.4, 0.5) is 15.2 Å². The van der Waals surface area contributed by atoms with E-state index in [2.05, 4.69) is 21.6 Å². The third-order valence-electron chi connectivity index (χ3n) is 6.25. The van der Waals surface area contributed by atoms with E-state index in [4.69, 9.17) is 10.2 Å². The van der Waals surface area contributed by atoms with Crippen molar-refractivity contribution in [3.63, 3.8) is 0 Å². The molecule has 0 bridgehead atoms. The van der Waals surface area contributed by atoms with Crippen LogP contribution in [0, 0.1) is 22.6 Å². The predicted molar refractivity (Wildman–Crippen MR) is 141 cm³/mol. The molecular formula is C26H23FN6O3S2. The molecule has 0 radical (unpaired) electrons. The zero-order valence-electron chi connectivity index (χ0n) is 20.5. The molecule has 2 aliphatic rings. The number of carbonyl (C=O) groups is 2. The van der Waals surface area contributed by atoms with Gasteiger partial charge in [0.2, 0.25) is 11.0 Å². The summed E-state index contributed by atoms with van der Waals surface area (Å²) < 4.78 is 19.2. The van der Waals surface area contributed by atoms with Crippen molar-refractivity contribution < 1.29 is 18.4 Å².